The molecule has 0 aromatic heterocycles. The van der Waals surface area contributed by atoms with Crippen LogP contribution in [0.2, 0.25) is 0 Å². The van der Waals surface area contributed by atoms with Crippen LogP contribution in [0.5, 0.6) is 0 Å². The van der Waals surface area contributed by atoms with E-state index >= 15 is 0 Å². The quantitative estimate of drug-likeness (QED) is 0.702. The average Bonchev–Trinajstić information content (AvgIpc) is 2.23. The average molecular weight is 336 g/mol. The molecule has 0 aromatic rings. The van der Waals surface area contributed by atoms with Crippen LogP contribution in [0, 0.1) is 10.8 Å². The molecule has 0 heterocycles. The predicted molar refractivity (Wildman–Crippen MR) is 70.6 cm³/mol. The van der Waals surface area contributed by atoms with E-state index in [1.54, 1.807) is 0 Å². The Morgan fingerprint density at radius 1 is 1.06 bits per heavy atom. The molecule has 0 radical (unpaired) electrons. The van der Waals surface area contributed by atoms with Gasteiger partial charge in [-0.05, 0) is 43.1 Å². The van der Waals surface area contributed by atoms with Crippen molar-refractivity contribution in [1.29, 1.82) is 0 Å². The van der Waals surface area contributed by atoms with Gasteiger partial charge in [-0.1, -0.05) is 34.8 Å². The van der Waals surface area contributed by atoms with Gasteiger partial charge in [-0.3, -0.25) is 9.59 Å². The number of hydrogen-bond acceptors (Lipinski definition) is 2. The molecule has 0 amide bonds. The molecular formula is C10H7Cl5O2. The fraction of sp³-hybridized carbons (Fsp3) is 0.400. The van der Waals surface area contributed by atoms with Gasteiger partial charge < -0.3 is 0 Å². The van der Waals surface area contributed by atoms with Crippen LogP contribution in [-0.2, 0) is 9.59 Å². The minimum absolute atomic E-state index is 0.0137. The first-order valence-corrected chi connectivity index (χ1v) is 6.32. The summed E-state index contributed by atoms with van der Waals surface area (Å²) in [5, 5.41) is -1.68. The highest BCUT2D eigenvalue weighted by atomic mass is 35.5. The van der Waals surface area contributed by atoms with Crippen LogP contribution >= 0.6 is 58.0 Å². The molecule has 2 unspecified atom stereocenters. The van der Waals surface area contributed by atoms with E-state index in [9.17, 15) is 9.59 Å². The van der Waals surface area contributed by atoms with Crippen molar-refractivity contribution in [3.63, 3.8) is 0 Å². The van der Waals surface area contributed by atoms with Crippen molar-refractivity contribution in [3.8, 4) is 0 Å². The summed E-state index contributed by atoms with van der Waals surface area (Å²) in [4.78, 5) is 23.2. The van der Waals surface area contributed by atoms with Gasteiger partial charge >= 0.3 is 0 Å². The third-order valence-corrected chi connectivity index (χ3v) is 5.32. The molecule has 17 heavy (non-hydrogen) atoms. The van der Waals surface area contributed by atoms with Gasteiger partial charge in [-0.25, -0.2) is 0 Å². The van der Waals surface area contributed by atoms with E-state index < -0.39 is 21.3 Å². The monoisotopic (exact) mass is 334 g/mol. The van der Waals surface area contributed by atoms with E-state index in [2.05, 4.69) is 0 Å². The zero-order valence-corrected chi connectivity index (χ0v) is 12.6. The van der Waals surface area contributed by atoms with Crippen LogP contribution in [0.3, 0.4) is 0 Å². The standard InChI is InChI=1S/C10H7Cl5O2/c1-9(7(14)16)3-4(11)5(12)6(13)10(9,2)8(15)17/h3H,1-2H3. The highest BCUT2D eigenvalue weighted by molar-refractivity contribution is 6.69. The summed E-state index contributed by atoms with van der Waals surface area (Å²) in [5.74, 6) is 0. The first-order valence-electron chi connectivity index (χ1n) is 4.43. The van der Waals surface area contributed by atoms with Crippen molar-refractivity contribution < 1.29 is 9.59 Å². The van der Waals surface area contributed by atoms with E-state index in [0.29, 0.717) is 0 Å². The molecule has 0 fully saturated rings. The van der Waals surface area contributed by atoms with Crippen molar-refractivity contribution in [1.82, 2.24) is 0 Å². The molecule has 0 aliphatic heterocycles. The summed E-state index contributed by atoms with van der Waals surface area (Å²) in [6.07, 6.45) is 1.29. The maximum absolute atomic E-state index is 11.6. The molecule has 1 aliphatic rings. The minimum atomic E-state index is -1.54. The first-order chi connectivity index (χ1) is 7.59. The normalized spacial score (nSPS) is 33.5. The lowest BCUT2D eigenvalue weighted by Gasteiger charge is -2.42. The molecule has 2 atom stereocenters. The van der Waals surface area contributed by atoms with Gasteiger partial charge in [0.05, 0.1) is 25.9 Å². The third-order valence-electron chi connectivity index (χ3n) is 3.10. The van der Waals surface area contributed by atoms with Gasteiger partial charge in [0.1, 0.15) is 0 Å². The van der Waals surface area contributed by atoms with Gasteiger partial charge in [0, 0.05) is 0 Å². The summed E-state index contributed by atoms with van der Waals surface area (Å²) in [6, 6.07) is 0. The summed E-state index contributed by atoms with van der Waals surface area (Å²) in [7, 11) is 0. The summed E-state index contributed by atoms with van der Waals surface area (Å²) >= 11 is 28.8. The molecule has 0 aromatic carbocycles. The second-order valence-electron chi connectivity index (χ2n) is 3.99. The first kappa shape index (κ1) is 15.3. The summed E-state index contributed by atoms with van der Waals surface area (Å²) in [5.41, 5.74) is -2.98. The Hall–Kier alpha value is 0.270. The maximum atomic E-state index is 11.6. The lowest BCUT2D eigenvalue weighted by atomic mass is 9.64. The van der Waals surface area contributed by atoms with Crippen molar-refractivity contribution in [2.75, 3.05) is 0 Å². The second kappa shape index (κ2) is 4.75. The molecule has 1 aliphatic carbocycles. The third kappa shape index (κ3) is 2.04. The Bertz CT molecular complexity index is 467. The number of rotatable bonds is 2. The van der Waals surface area contributed by atoms with Gasteiger partial charge in [-0.2, -0.15) is 0 Å². The highest BCUT2D eigenvalue weighted by Gasteiger charge is 2.57. The SMILES string of the molecule is CC1(C(=O)Cl)C=C(Cl)C(Cl)=C(Cl)C1(C)C(=O)Cl. The van der Waals surface area contributed by atoms with Crippen molar-refractivity contribution in [3.05, 3.63) is 21.2 Å². The van der Waals surface area contributed by atoms with E-state index in [0.717, 1.165) is 0 Å². The van der Waals surface area contributed by atoms with Crippen LogP contribution in [0.4, 0.5) is 0 Å². The van der Waals surface area contributed by atoms with Crippen LogP contribution in [0.15, 0.2) is 21.2 Å². The van der Waals surface area contributed by atoms with Crippen LogP contribution in [0.25, 0.3) is 0 Å². The lowest BCUT2D eigenvalue weighted by molar-refractivity contribution is -0.131. The summed E-state index contributed by atoms with van der Waals surface area (Å²) < 4.78 is 0. The van der Waals surface area contributed by atoms with Gasteiger partial charge in [0.2, 0.25) is 10.5 Å². The lowest BCUT2D eigenvalue weighted by Crippen LogP contribution is -2.47. The number of carbonyl (C=O) groups excluding carboxylic acids is 2. The van der Waals surface area contributed by atoms with E-state index in [1.807, 2.05) is 0 Å². The predicted octanol–water partition coefficient (Wildman–Crippen LogP) is 4.36. The van der Waals surface area contributed by atoms with Crippen LogP contribution in [0.1, 0.15) is 13.8 Å². The fourth-order valence-corrected chi connectivity index (χ4v) is 3.13. The van der Waals surface area contributed by atoms with Gasteiger partial charge in [0.15, 0.2) is 0 Å². The van der Waals surface area contributed by atoms with E-state index in [4.69, 9.17) is 58.0 Å². The van der Waals surface area contributed by atoms with E-state index in [1.165, 1.54) is 19.9 Å². The topological polar surface area (TPSA) is 34.1 Å². The molecule has 1 rings (SSSR count). The number of halogens is 5. The molecule has 0 bridgehead atoms. The second-order valence-corrected chi connectivity index (χ2v) is 5.84. The van der Waals surface area contributed by atoms with Crippen LogP contribution in [-0.4, -0.2) is 10.5 Å². The molecule has 94 valence electrons. The smallest absolute Gasteiger partial charge is 0.234 e. The zero-order chi connectivity index (χ0) is 13.6. The van der Waals surface area contributed by atoms with Gasteiger partial charge in [-0.15, -0.1) is 0 Å². The number of allylic oxidation sites excluding steroid dienone is 4. The Labute approximate surface area is 123 Å². The largest absolute Gasteiger partial charge is 0.280 e. The molecule has 7 heteroatoms. The molecule has 0 saturated carbocycles. The molecule has 2 nitrogen and oxygen atoms in total. The van der Waals surface area contributed by atoms with Crippen molar-refractivity contribution in [2.24, 2.45) is 10.8 Å². The minimum Gasteiger partial charge on any atom is -0.280 e. The molecule has 0 N–H and O–H groups in total. The molecular weight excluding hydrogens is 329 g/mol. The Balaban J connectivity index is 3.64. The number of carbonyl (C=O) groups is 2. The zero-order valence-electron chi connectivity index (χ0n) is 8.78. The van der Waals surface area contributed by atoms with Crippen molar-refractivity contribution >= 4 is 68.5 Å². The maximum Gasteiger partial charge on any atom is 0.234 e. The van der Waals surface area contributed by atoms with E-state index in [-0.39, 0.29) is 15.1 Å². The number of hydrogen-bond donors (Lipinski definition) is 0. The van der Waals surface area contributed by atoms with Crippen molar-refractivity contribution in [2.45, 2.75) is 13.8 Å². The Morgan fingerprint density at radius 2 is 1.53 bits per heavy atom. The Kier molecular flexibility index (Phi) is 4.28. The van der Waals surface area contributed by atoms with Crippen LogP contribution < -0.4 is 0 Å². The van der Waals surface area contributed by atoms with Gasteiger partial charge in [0.25, 0.3) is 0 Å². The highest BCUT2D eigenvalue weighted by Crippen LogP contribution is 2.56. The summed E-state index contributed by atoms with van der Waals surface area (Å²) in [6.45, 7) is 2.82. The Morgan fingerprint density at radius 3 is 1.88 bits per heavy atom. The molecule has 0 saturated heterocycles. The fourth-order valence-electron chi connectivity index (χ4n) is 1.56. The molecule has 0 spiro atoms.